The zero-order valence-corrected chi connectivity index (χ0v) is 35.6. The molecule has 0 amide bonds. The number of carbonyl (C=O) groups is 2. The maximum absolute atomic E-state index is 13.8. The van der Waals surface area contributed by atoms with E-state index in [0.717, 1.165) is 37.1 Å². The number of nitrogens with zero attached hydrogens (tertiary/aromatic N) is 1. The van der Waals surface area contributed by atoms with E-state index in [1.165, 1.54) is 12.8 Å². The van der Waals surface area contributed by atoms with E-state index >= 15 is 0 Å². The van der Waals surface area contributed by atoms with Crippen LogP contribution in [-0.4, -0.2) is 78.3 Å². The third-order valence-electron chi connectivity index (χ3n) is 12.7. The Bertz CT molecular complexity index is 2050. The standard InChI is InChI=1S/C44H53Cl2N2O9P/c1-3-5-22-53-58(52,54-23-6-4-2)27-38(50)56-35-18-19-44(51)36-24-30-16-17-34(41-39(30)43(44,42(35)57-41)20-21-48(36)26-28-14-15-28)55-37(49)25-29-10-7-8-13-33(29)47-40-31(45)11-9-12-32(40)46/h7-13,16-17,28,35-36,42,47,51H,3-6,14-15,18-27H2,1-2H3/t35?,36-,42?,43+,44-/m1/s1. The molecule has 5 atom stereocenters. The molecule has 3 aliphatic carbocycles. The number of nitrogens with one attached hydrogen (secondary N) is 1. The SMILES string of the molecule is CCCCOP(=O)(CC(=O)OC1CC[C@@]2(O)[C@H]3Cc4ccc(OC(=O)Cc5ccccc5Nc5c(Cl)cccc5Cl)c5c4[C@@]2(CCN3CC2CC2)C1O5)OCCCC. The number of para-hydroxylation sites is 2. The molecule has 2 N–H and O–H groups in total. The number of anilines is 2. The Morgan fingerprint density at radius 1 is 0.948 bits per heavy atom. The van der Waals surface area contributed by atoms with Gasteiger partial charge in [-0.25, -0.2) is 0 Å². The van der Waals surface area contributed by atoms with Crippen molar-refractivity contribution < 1.29 is 42.5 Å². The van der Waals surface area contributed by atoms with Gasteiger partial charge < -0.3 is 33.7 Å². The second kappa shape index (κ2) is 17.1. The molecule has 2 aliphatic heterocycles. The third-order valence-corrected chi connectivity index (χ3v) is 15.1. The number of piperidine rings is 1. The van der Waals surface area contributed by atoms with Crippen LogP contribution in [0.2, 0.25) is 10.0 Å². The number of hydrogen-bond acceptors (Lipinski definition) is 11. The van der Waals surface area contributed by atoms with Crippen LogP contribution < -0.4 is 14.8 Å². The van der Waals surface area contributed by atoms with E-state index in [0.29, 0.717) is 77.2 Å². The minimum absolute atomic E-state index is 0.0700. The van der Waals surface area contributed by atoms with Gasteiger partial charge in [-0.05, 0) is 99.2 Å². The Kier molecular flexibility index (Phi) is 12.2. The second-order valence-electron chi connectivity index (χ2n) is 16.5. The average Bonchev–Trinajstić information content (AvgIpc) is 3.93. The largest absolute Gasteiger partial charge is 0.481 e. The Labute approximate surface area is 350 Å². The Morgan fingerprint density at radius 3 is 2.38 bits per heavy atom. The molecule has 312 valence electrons. The van der Waals surface area contributed by atoms with Crippen molar-refractivity contribution in [3.05, 3.63) is 81.3 Å². The molecule has 11 nitrogen and oxygen atoms in total. The van der Waals surface area contributed by atoms with E-state index in [1.54, 1.807) is 24.3 Å². The summed E-state index contributed by atoms with van der Waals surface area (Å²) in [4.78, 5) is 30.0. The molecule has 0 radical (unpaired) electrons. The Morgan fingerprint density at radius 2 is 1.67 bits per heavy atom. The minimum Gasteiger partial charge on any atom is -0.481 e. The van der Waals surface area contributed by atoms with E-state index in [1.807, 2.05) is 44.2 Å². The van der Waals surface area contributed by atoms with Crippen molar-refractivity contribution in [2.75, 3.05) is 37.8 Å². The van der Waals surface area contributed by atoms with Crippen molar-refractivity contribution in [3.8, 4) is 11.5 Å². The normalized spacial score (nSPS) is 25.8. The van der Waals surface area contributed by atoms with E-state index in [2.05, 4.69) is 10.2 Å². The lowest BCUT2D eigenvalue weighted by atomic mass is 9.48. The number of carbonyl (C=O) groups excluding carboxylic acids is 2. The summed E-state index contributed by atoms with van der Waals surface area (Å²) in [5, 5.41) is 17.2. The average molecular weight is 856 g/mol. The minimum atomic E-state index is -3.78. The smallest absolute Gasteiger partial charge is 0.341 e. The first-order valence-electron chi connectivity index (χ1n) is 20.8. The number of aliphatic hydroxyl groups is 1. The Balaban J connectivity index is 1.07. The van der Waals surface area contributed by atoms with Crippen LogP contribution in [0.25, 0.3) is 0 Å². The van der Waals surface area contributed by atoms with E-state index in [-0.39, 0.29) is 31.4 Å². The zero-order valence-electron chi connectivity index (χ0n) is 33.2. The Hall–Kier alpha value is -3.15. The van der Waals surface area contributed by atoms with E-state index in [4.69, 9.17) is 46.5 Å². The van der Waals surface area contributed by atoms with Crippen molar-refractivity contribution in [1.29, 1.82) is 0 Å². The van der Waals surface area contributed by atoms with Crippen LogP contribution in [0.15, 0.2) is 54.6 Å². The summed E-state index contributed by atoms with van der Waals surface area (Å²) in [5.41, 5.74) is 1.62. The fourth-order valence-electron chi connectivity index (χ4n) is 9.68. The quantitative estimate of drug-likeness (QED) is 0.0550. The summed E-state index contributed by atoms with van der Waals surface area (Å²) >= 11 is 12.9. The molecule has 2 unspecified atom stereocenters. The highest BCUT2D eigenvalue weighted by Gasteiger charge is 2.73. The highest BCUT2D eigenvalue weighted by molar-refractivity contribution is 7.54. The number of ether oxygens (including phenoxy) is 3. The van der Waals surface area contributed by atoms with Gasteiger partial charge in [0.1, 0.15) is 18.4 Å². The van der Waals surface area contributed by atoms with Gasteiger partial charge in [-0.2, -0.15) is 0 Å². The first-order chi connectivity index (χ1) is 28.0. The molecule has 5 aliphatic rings. The zero-order chi connectivity index (χ0) is 40.7. The molecule has 2 saturated carbocycles. The molecular formula is C44H53Cl2N2O9P. The maximum atomic E-state index is 13.8. The molecule has 1 spiro atoms. The number of hydrogen-bond donors (Lipinski definition) is 2. The third kappa shape index (κ3) is 7.93. The number of esters is 2. The molecule has 1 saturated heterocycles. The number of benzene rings is 3. The first-order valence-corrected chi connectivity index (χ1v) is 23.3. The lowest BCUT2D eigenvalue weighted by Gasteiger charge is -2.64. The maximum Gasteiger partial charge on any atom is 0.341 e. The van der Waals surface area contributed by atoms with Gasteiger partial charge in [0.05, 0.1) is 46.4 Å². The van der Waals surface area contributed by atoms with Crippen molar-refractivity contribution in [2.24, 2.45) is 5.92 Å². The number of rotatable bonds is 18. The van der Waals surface area contributed by atoms with Crippen molar-refractivity contribution >= 4 is 54.1 Å². The predicted molar refractivity (Wildman–Crippen MR) is 223 cm³/mol. The number of unbranched alkanes of at least 4 members (excludes halogenated alkanes) is 2. The molecule has 8 rings (SSSR count). The molecule has 58 heavy (non-hydrogen) atoms. The van der Waals surface area contributed by atoms with Crippen LogP contribution in [0.1, 0.15) is 88.3 Å². The number of likely N-dealkylation sites (tertiary alicyclic amines) is 1. The van der Waals surface area contributed by atoms with Crippen LogP contribution >= 0.6 is 30.8 Å². The lowest BCUT2D eigenvalue weighted by Crippen LogP contribution is -2.77. The highest BCUT2D eigenvalue weighted by atomic mass is 35.5. The van der Waals surface area contributed by atoms with Gasteiger partial charge >= 0.3 is 19.5 Å². The summed E-state index contributed by atoms with van der Waals surface area (Å²) in [7, 11) is -3.78. The van der Waals surface area contributed by atoms with Gasteiger partial charge in [-0.15, -0.1) is 0 Å². The lowest BCUT2D eigenvalue weighted by molar-refractivity contribution is -0.215. The molecule has 3 aromatic rings. The first kappa shape index (κ1) is 41.6. The summed E-state index contributed by atoms with van der Waals surface area (Å²) in [6, 6.07) is 16.2. The van der Waals surface area contributed by atoms with Crippen LogP contribution in [0.5, 0.6) is 11.5 Å². The summed E-state index contributed by atoms with van der Waals surface area (Å²) in [6.45, 7) is 6.13. The van der Waals surface area contributed by atoms with Crippen molar-refractivity contribution in [1.82, 2.24) is 4.90 Å². The van der Waals surface area contributed by atoms with Gasteiger partial charge in [-0.3, -0.25) is 19.1 Å². The second-order valence-corrected chi connectivity index (χ2v) is 19.4. The molecule has 3 fully saturated rings. The molecule has 2 heterocycles. The number of halogens is 2. The highest BCUT2D eigenvalue weighted by Crippen LogP contribution is 2.66. The molecule has 14 heteroatoms. The molecule has 3 aromatic carbocycles. The van der Waals surface area contributed by atoms with Crippen LogP contribution in [0.4, 0.5) is 11.4 Å². The van der Waals surface area contributed by atoms with Gasteiger partial charge in [0.15, 0.2) is 11.5 Å². The van der Waals surface area contributed by atoms with Gasteiger partial charge in [-0.1, -0.05) is 80.2 Å². The topological polar surface area (TPSA) is 133 Å². The molecule has 2 bridgehead atoms. The monoisotopic (exact) mass is 854 g/mol. The summed E-state index contributed by atoms with van der Waals surface area (Å²) in [6.07, 6.45) is 5.27. The van der Waals surface area contributed by atoms with E-state index in [9.17, 15) is 19.3 Å². The van der Waals surface area contributed by atoms with E-state index < -0.39 is 48.9 Å². The fraction of sp³-hybridized carbons (Fsp3) is 0.545. The predicted octanol–water partition coefficient (Wildman–Crippen LogP) is 9.19. The fourth-order valence-corrected chi connectivity index (χ4v) is 11.6. The summed E-state index contributed by atoms with van der Waals surface area (Å²) in [5.74, 6) is 0.0768. The summed E-state index contributed by atoms with van der Waals surface area (Å²) < 4.78 is 44.5. The molecule has 0 aromatic heterocycles. The van der Waals surface area contributed by atoms with Crippen molar-refractivity contribution in [3.63, 3.8) is 0 Å². The van der Waals surface area contributed by atoms with Crippen LogP contribution in [-0.2, 0) is 46.2 Å². The molecular weight excluding hydrogens is 802 g/mol. The van der Waals surface area contributed by atoms with Crippen LogP contribution in [0.3, 0.4) is 0 Å². The van der Waals surface area contributed by atoms with Gasteiger partial charge in [0.25, 0.3) is 0 Å². The van der Waals surface area contributed by atoms with Gasteiger partial charge in [0.2, 0.25) is 0 Å². The van der Waals surface area contributed by atoms with Gasteiger partial charge in [0, 0.05) is 23.8 Å². The van der Waals surface area contributed by atoms with Crippen molar-refractivity contribution in [2.45, 2.75) is 114 Å². The van der Waals surface area contributed by atoms with Crippen LogP contribution in [0, 0.1) is 5.92 Å².